The van der Waals surface area contributed by atoms with Crippen LogP contribution in [0.25, 0.3) is 0 Å². The van der Waals surface area contributed by atoms with Gasteiger partial charge >= 0.3 is 0 Å². The molecule has 2 aromatic carbocycles. The van der Waals surface area contributed by atoms with Gasteiger partial charge in [-0.1, -0.05) is 18.2 Å². The van der Waals surface area contributed by atoms with Crippen molar-refractivity contribution in [3.05, 3.63) is 59.4 Å². The van der Waals surface area contributed by atoms with Gasteiger partial charge in [-0.2, -0.15) is 5.26 Å². The zero-order chi connectivity index (χ0) is 14.5. The third-order valence-corrected chi connectivity index (χ3v) is 2.71. The average molecular weight is 270 g/mol. The molecule has 0 heterocycles. The van der Waals surface area contributed by atoms with Crippen LogP contribution in [0.15, 0.2) is 42.5 Å². The number of nitriles is 1. The minimum absolute atomic E-state index is 0.280. The van der Waals surface area contributed by atoms with Crippen LogP contribution < -0.4 is 5.32 Å². The molecule has 1 amide bonds. The molecule has 0 spiro atoms. The van der Waals surface area contributed by atoms with E-state index in [2.05, 4.69) is 5.32 Å². The average Bonchev–Trinajstić information content (AvgIpc) is 2.41. The van der Waals surface area contributed by atoms with E-state index in [-0.39, 0.29) is 6.42 Å². The molecule has 0 aliphatic rings. The smallest absolute Gasteiger partial charge is 0.262 e. The summed E-state index contributed by atoms with van der Waals surface area (Å²) < 4.78 is 13.5. The zero-order valence-corrected chi connectivity index (χ0v) is 10.4. The number of aromatic hydroxyl groups is 1. The van der Waals surface area contributed by atoms with Crippen molar-refractivity contribution in [2.75, 3.05) is 5.32 Å². The second-order valence-electron chi connectivity index (χ2n) is 4.12. The summed E-state index contributed by atoms with van der Waals surface area (Å²) in [6.07, 6.45) is 0.280. The maximum absolute atomic E-state index is 13.5. The molecule has 4 nitrogen and oxygen atoms in total. The lowest BCUT2D eigenvalue weighted by Crippen LogP contribution is -2.14. The maximum Gasteiger partial charge on any atom is 0.262 e. The van der Waals surface area contributed by atoms with Crippen LogP contribution in [-0.2, 0) is 6.42 Å². The first-order chi connectivity index (χ1) is 9.61. The first kappa shape index (κ1) is 13.6. The normalized spacial score (nSPS) is 9.80. The van der Waals surface area contributed by atoms with Crippen molar-refractivity contribution in [1.82, 2.24) is 0 Å². The molecule has 0 saturated heterocycles. The Morgan fingerprint density at radius 3 is 2.55 bits per heavy atom. The zero-order valence-electron chi connectivity index (χ0n) is 10.4. The predicted octanol–water partition coefficient (Wildman–Crippen LogP) is 2.85. The number of benzene rings is 2. The molecule has 5 heteroatoms. The second-order valence-corrected chi connectivity index (χ2v) is 4.12. The molecule has 100 valence electrons. The maximum atomic E-state index is 13.5. The van der Waals surface area contributed by atoms with E-state index in [1.165, 1.54) is 12.1 Å². The summed E-state index contributed by atoms with van der Waals surface area (Å²) in [5.74, 6) is -1.93. The fraction of sp³-hybridized carbons (Fsp3) is 0.0667. The third kappa shape index (κ3) is 2.93. The van der Waals surface area contributed by atoms with Gasteiger partial charge in [-0.3, -0.25) is 4.79 Å². The molecule has 0 aromatic heterocycles. The van der Waals surface area contributed by atoms with Crippen LogP contribution >= 0.6 is 0 Å². The van der Waals surface area contributed by atoms with Gasteiger partial charge in [0, 0.05) is 5.69 Å². The Kier molecular flexibility index (Phi) is 3.96. The van der Waals surface area contributed by atoms with Gasteiger partial charge in [-0.05, 0) is 29.8 Å². The first-order valence-corrected chi connectivity index (χ1v) is 5.86. The van der Waals surface area contributed by atoms with E-state index in [4.69, 9.17) is 5.26 Å². The third-order valence-electron chi connectivity index (χ3n) is 2.71. The van der Waals surface area contributed by atoms with E-state index in [1.54, 1.807) is 24.3 Å². The van der Waals surface area contributed by atoms with Gasteiger partial charge in [0.2, 0.25) is 0 Å². The highest BCUT2D eigenvalue weighted by Crippen LogP contribution is 2.21. The number of nitrogens with zero attached hydrogens (tertiary/aromatic N) is 1. The van der Waals surface area contributed by atoms with Crippen LogP contribution in [-0.4, -0.2) is 11.0 Å². The highest BCUT2D eigenvalue weighted by atomic mass is 19.1. The van der Waals surface area contributed by atoms with Gasteiger partial charge in [0.15, 0.2) is 0 Å². The molecule has 0 radical (unpaired) electrons. The van der Waals surface area contributed by atoms with Crippen LogP contribution in [0.2, 0.25) is 0 Å². The topological polar surface area (TPSA) is 73.1 Å². The number of halogens is 1. The van der Waals surface area contributed by atoms with Crippen LogP contribution in [0, 0.1) is 17.1 Å². The number of phenolic OH excluding ortho intramolecular Hbond substituents is 1. The lowest BCUT2D eigenvalue weighted by atomic mass is 10.1. The Morgan fingerprint density at radius 1 is 1.25 bits per heavy atom. The number of rotatable bonds is 3. The Bertz CT molecular complexity index is 655. The number of nitrogens with one attached hydrogen (secondary N) is 1. The fourth-order valence-corrected chi connectivity index (χ4v) is 1.73. The van der Waals surface area contributed by atoms with Crippen LogP contribution in [0.3, 0.4) is 0 Å². The van der Waals surface area contributed by atoms with Crippen molar-refractivity contribution in [1.29, 1.82) is 5.26 Å². The number of amides is 1. The van der Waals surface area contributed by atoms with Crippen molar-refractivity contribution in [3.63, 3.8) is 0 Å². The Labute approximate surface area is 115 Å². The fourth-order valence-electron chi connectivity index (χ4n) is 1.73. The van der Waals surface area contributed by atoms with Gasteiger partial charge < -0.3 is 10.4 Å². The molecular weight excluding hydrogens is 259 g/mol. The number of hydrogen-bond donors (Lipinski definition) is 2. The van der Waals surface area contributed by atoms with Crippen molar-refractivity contribution < 1.29 is 14.3 Å². The predicted molar refractivity (Wildman–Crippen MR) is 71.8 cm³/mol. The number of phenols is 1. The molecule has 0 aliphatic heterocycles. The van der Waals surface area contributed by atoms with Crippen molar-refractivity contribution in [2.24, 2.45) is 0 Å². The molecule has 0 saturated carbocycles. The molecule has 0 unspecified atom stereocenters. The minimum Gasteiger partial charge on any atom is -0.507 e. The van der Waals surface area contributed by atoms with Crippen LogP contribution in [0.4, 0.5) is 10.1 Å². The molecule has 0 aliphatic carbocycles. The molecule has 2 rings (SSSR count). The molecule has 0 fully saturated rings. The number of hydrogen-bond acceptors (Lipinski definition) is 3. The summed E-state index contributed by atoms with van der Waals surface area (Å²) in [6, 6.07) is 12.3. The molecule has 20 heavy (non-hydrogen) atoms. The van der Waals surface area contributed by atoms with Crippen molar-refractivity contribution in [3.8, 4) is 11.8 Å². The van der Waals surface area contributed by atoms with Gasteiger partial charge in [0.05, 0.1) is 12.5 Å². The lowest BCUT2D eigenvalue weighted by molar-refractivity contribution is 0.102. The highest BCUT2D eigenvalue weighted by molar-refractivity contribution is 6.06. The van der Waals surface area contributed by atoms with E-state index in [9.17, 15) is 14.3 Å². The number of carbonyl (C=O) groups excluding carboxylic acids is 1. The van der Waals surface area contributed by atoms with Gasteiger partial charge in [-0.25, -0.2) is 4.39 Å². The summed E-state index contributed by atoms with van der Waals surface area (Å²) in [5.41, 5.74) is 0.882. The van der Waals surface area contributed by atoms with Gasteiger partial charge in [-0.15, -0.1) is 0 Å². The summed E-state index contributed by atoms with van der Waals surface area (Å²) in [4.78, 5) is 11.9. The van der Waals surface area contributed by atoms with Gasteiger partial charge in [0.1, 0.15) is 17.1 Å². The van der Waals surface area contributed by atoms with E-state index in [1.807, 2.05) is 6.07 Å². The van der Waals surface area contributed by atoms with E-state index in [0.717, 1.165) is 11.6 Å². The van der Waals surface area contributed by atoms with Crippen molar-refractivity contribution in [2.45, 2.75) is 6.42 Å². The van der Waals surface area contributed by atoms with Crippen LogP contribution in [0.1, 0.15) is 15.9 Å². The molecule has 2 N–H and O–H groups in total. The Balaban J connectivity index is 2.18. The molecule has 0 atom stereocenters. The largest absolute Gasteiger partial charge is 0.507 e. The van der Waals surface area contributed by atoms with E-state index < -0.39 is 23.0 Å². The number of carbonyl (C=O) groups is 1. The van der Waals surface area contributed by atoms with E-state index in [0.29, 0.717) is 5.69 Å². The second kappa shape index (κ2) is 5.85. The molecular formula is C15H11FN2O2. The minimum atomic E-state index is -0.788. The summed E-state index contributed by atoms with van der Waals surface area (Å²) in [6.45, 7) is 0. The quantitative estimate of drug-likeness (QED) is 0.900. The standard InChI is InChI=1S/C15H11FN2O2/c16-12-2-1-3-13(19)14(12)15(20)18-11-6-4-10(5-7-11)8-9-17/h1-7,19H,8H2,(H,18,20). The molecule has 0 bridgehead atoms. The first-order valence-electron chi connectivity index (χ1n) is 5.86. The van der Waals surface area contributed by atoms with Crippen molar-refractivity contribution >= 4 is 11.6 Å². The lowest BCUT2D eigenvalue weighted by Gasteiger charge is -2.08. The number of anilines is 1. The highest BCUT2D eigenvalue weighted by Gasteiger charge is 2.16. The summed E-state index contributed by atoms with van der Waals surface area (Å²) in [7, 11) is 0. The Morgan fingerprint density at radius 2 is 1.95 bits per heavy atom. The van der Waals surface area contributed by atoms with E-state index >= 15 is 0 Å². The van der Waals surface area contributed by atoms with Crippen LogP contribution in [0.5, 0.6) is 5.75 Å². The summed E-state index contributed by atoms with van der Waals surface area (Å²) >= 11 is 0. The van der Waals surface area contributed by atoms with Gasteiger partial charge in [0.25, 0.3) is 5.91 Å². The monoisotopic (exact) mass is 270 g/mol. The summed E-state index contributed by atoms with van der Waals surface area (Å²) in [5, 5.41) is 20.6. The molecule has 2 aromatic rings. The Hall–Kier alpha value is -2.87. The SMILES string of the molecule is N#CCc1ccc(NC(=O)c2c(O)cccc2F)cc1.